The van der Waals surface area contributed by atoms with Crippen LogP contribution in [0, 0.1) is 0 Å². The Labute approximate surface area is 65.8 Å². The van der Waals surface area contributed by atoms with Crippen LogP contribution in [-0.2, 0) is 0 Å². The average molecular weight is 159 g/mol. The summed E-state index contributed by atoms with van der Waals surface area (Å²) >= 11 is 1.40. The standard InChI is InChI=1S/C6H13N3S/c1-4-5(2)8-9-6(7)10-3/h4H2,1-3H3,(H2,7,9). The maximum Gasteiger partial charge on any atom is 0.180 e. The van der Waals surface area contributed by atoms with E-state index in [9.17, 15) is 0 Å². The average Bonchev–Trinajstić information content (AvgIpc) is 1.99. The van der Waals surface area contributed by atoms with E-state index in [-0.39, 0.29) is 0 Å². The molecule has 0 saturated carbocycles. The van der Waals surface area contributed by atoms with Gasteiger partial charge in [-0.2, -0.15) is 5.10 Å². The molecule has 0 aromatic rings. The molecule has 0 fully saturated rings. The van der Waals surface area contributed by atoms with Gasteiger partial charge >= 0.3 is 0 Å². The van der Waals surface area contributed by atoms with Crippen molar-refractivity contribution >= 4 is 22.6 Å². The molecule has 0 amide bonds. The smallest absolute Gasteiger partial charge is 0.180 e. The SMILES string of the molecule is CCC(C)=N/N=C(\N)SC. The van der Waals surface area contributed by atoms with Crippen LogP contribution < -0.4 is 5.73 Å². The van der Waals surface area contributed by atoms with Gasteiger partial charge in [0.2, 0.25) is 0 Å². The van der Waals surface area contributed by atoms with Crippen LogP contribution in [0.25, 0.3) is 0 Å². The first kappa shape index (κ1) is 9.49. The Morgan fingerprint density at radius 1 is 1.50 bits per heavy atom. The molecule has 0 saturated heterocycles. The number of thioether (sulfide) groups is 1. The summed E-state index contributed by atoms with van der Waals surface area (Å²) in [4.78, 5) is 0. The number of amidine groups is 1. The van der Waals surface area contributed by atoms with Gasteiger partial charge in [0, 0.05) is 5.71 Å². The van der Waals surface area contributed by atoms with Crippen molar-refractivity contribution in [3.63, 3.8) is 0 Å². The molecule has 0 aliphatic heterocycles. The zero-order valence-electron chi connectivity index (χ0n) is 6.59. The summed E-state index contributed by atoms with van der Waals surface area (Å²) in [5, 5.41) is 8.14. The van der Waals surface area contributed by atoms with E-state index in [1.165, 1.54) is 11.8 Å². The molecular weight excluding hydrogens is 146 g/mol. The predicted molar refractivity (Wildman–Crippen MR) is 48.5 cm³/mol. The lowest BCUT2D eigenvalue weighted by Crippen LogP contribution is -2.04. The minimum absolute atomic E-state index is 0.507. The van der Waals surface area contributed by atoms with E-state index in [4.69, 9.17) is 5.73 Å². The van der Waals surface area contributed by atoms with Crippen molar-refractivity contribution in [1.29, 1.82) is 0 Å². The molecule has 0 bridgehead atoms. The van der Waals surface area contributed by atoms with E-state index in [1.807, 2.05) is 20.1 Å². The van der Waals surface area contributed by atoms with E-state index < -0.39 is 0 Å². The summed E-state index contributed by atoms with van der Waals surface area (Å²) in [5.41, 5.74) is 6.38. The van der Waals surface area contributed by atoms with Crippen molar-refractivity contribution in [2.24, 2.45) is 15.9 Å². The minimum Gasteiger partial charge on any atom is -0.377 e. The summed E-state index contributed by atoms with van der Waals surface area (Å²) in [5.74, 6) is 0. The number of nitrogens with two attached hydrogens (primary N) is 1. The topological polar surface area (TPSA) is 50.7 Å². The Morgan fingerprint density at radius 3 is 2.50 bits per heavy atom. The van der Waals surface area contributed by atoms with Gasteiger partial charge in [0.25, 0.3) is 0 Å². The quantitative estimate of drug-likeness (QED) is 0.376. The summed E-state index contributed by atoms with van der Waals surface area (Å²) in [6.45, 7) is 3.96. The Hall–Kier alpha value is -0.510. The zero-order chi connectivity index (χ0) is 7.98. The van der Waals surface area contributed by atoms with E-state index in [1.54, 1.807) is 0 Å². The van der Waals surface area contributed by atoms with Crippen LogP contribution in [0.4, 0.5) is 0 Å². The highest BCUT2D eigenvalue weighted by atomic mass is 32.2. The highest BCUT2D eigenvalue weighted by Gasteiger charge is 1.85. The van der Waals surface area contributed by atoms with Crippen LogP contribution in [0.1, 0.15) is 20.3 Å². The molecule has 0 aromatic heterocycles. The Bertz CT molecular complexity index is 133. The van der Waals surface area contributed by atoms with E-state index in [2.05, 4.69) is 10.2 Å². The monoisotopic (exact) mass is 159 g/mol. The molecule has 0 spiro atoms. The van der Waals surface area contributed by atoms with Crippen molar-refractivity contribution in [1.82, 2.24) is 0 Å². The first-order valence-electron chi connectivity index (χ1n) is 3.11. The first-order valence-corrected chi connectivity index (χ1v) is 4.33. The normalized spacial score (nSPS) is 13.9. The summed E-state index contributed by atoms with van der Waals surface area (Å²) in [6, 6.07) is 0. The largest absolute Gasteiger partial charge is 0.377 e. The van der Waals surface area contributed by atoms with Crippen molar-refractivity contribution in [3.8, 4) is 0 Å². The van der Waals surface area contributed by atoms with Crippen LogP contribution in [0.2, 0.25) is 0 Å². The molecule has 0 aromatic carbocycles. The molecule has 0 rings (SSSR count). The van der Waals surface area contributed by atoms with Gasteiger partial charge in [-0.1, -0.05) is 18.7 Å². The second-order valence-electron chi connectivity index (χ2n) is 1.83. The summed E-state index contributed by atoms with van der Waals surface area (Å²) in [7, 11) is 0. The third-order valence-electron chi connectivity index (χ3n) is 1.04. The molecule has 2 N–H and O–H groups in total. The van der Waals surface area contributed by atoms with Crippen LogP contribution in [0.15, 0.2) is 10.2 Å². The maximum atomic E-state index is 5.38. The van der Waals surface area contributed by atoms with E-state index in [0.29, 0.717) is 5.17 Å². The Balaban J connectivity index is 3.91. The van der Waals surface area contributed by atoms with Gasteiger partial charge in [0.15, 0.2) is 5.17 Å². The zero-order valence-corrected chi connectivity index (χ0v) is 7.40. The third-order valence-corrected chi connectivity index (χ3v) is 1.54. The van der Waals surface area contributed by atoms with Crippen LogP contribution in [-0.4, -0.2) is 17.1 Å². The van der Waals surface area contributed by atoms with Gasteiger partial charge in [-0.15, -0.1) is 5.10 Å². The molecule has 4 heteroatoms. The third kappa shape index (κ3) is 4.38. The number of hydrogen-bond donors (Lipinski definition) is 1. The highest BCUT2D eigenvalue weighted by Crippen LogP contribution is 1.92. The number of hydrogen-bond acceptors (Lipinski definition) is 3. The van der Waals surface area contributed by atoms with Gasteiger partial charge in [-0.25, -0.2) is 0 Å². The lowest BCUT2D eigenvalue weighted by molar-refractivity contribution is 1.16. The van der Waals surface area contributed by atoms with Gasteiger partial charge in [0.1, 0.15) is 0 Å². The van der Waals surface area contributed by atoms with Gasteiger partial charge in [-0.3, -0.25) is 0 Å². The van der Waals surface area contributed by atoms with Crippen molar-refractivity contribution in [2.45, 2.75) is 20.3 Å². The highest BCUT2D eigenvalue weighted by molar-refractivity contribution is 8.13. The predicted octanol–water partition coefficient (Wildman–Crippen LogP) is 1.45. The summed E-state index contributed by atoms with van der Waals surface area (Å²) < 4.78 is 0. The molecule has 0 aliphatic carbocycles. The minimum atomic E-state index is 0.507. The fraction of sp³-hybridized carbons (Fsp3) is 0.667. The number of rotatable bonds is 2. The molecule has 3 nitrogen and oxygen atoms in total. The molecule has 10 heavy (non-hydrogen) atoms. The maximum absolute atomic E-state index is 5.38. The van der Waals surface area contributed by atoms with Crippen molar-refractivity contribution < 1.29 is 0 Å². The van der Waals surface area contributed by atoms with E-state index >= 15 is 0 Å². The van der Waals surface area contributed by atoms with Gasteiger partial charge < -0.3 is 5.73 Å². The molecule has 0 unspecified atom stereocenters. The van der Waals surface area contributed by atoms with Crippen LogP contribution >= 0.6 is 11.8 Å². The van der Waals surface area contributed by atoms with E-state index in [0.717, 1.165) is 12.1 Å². The molecule has 58 valence electrons. The second-order valence-corrected chi connectivity index (χ2v) is 2.66. The lowest BCUT2D eigenvalue weighted by atomic mass is 10.3. The Morgan fingerprint density at radius 2 is 2.10 bits per heavy atom. The van der Waals surface area contributed by atoms with Crippen molar-refractivity contribution in [2.75, 3.05) is 6.26 Å². The second kappa shape index (κ2) is 5.29. The van der Waals surface area contributed by atoms with Crippen LogP contribution in [0.3, 0.4) is 0 Å². The first-order chi connectivity index (χ1) is 4.70. The van der Waals surface area contributed by atoms with Crippen molar-refractivity contribution in [3.05, 3.63) is 0 Å². The molecular formula is C6H13N3S. The molecule has 0 radical (unpaired) electrons. The van der Waals surface area contributed by atoms with Gasteiger partial charge in [-0.05, 0) is 19.6 Å². The van der Waals surface area contributed by atoms with Crippen LogP contribution in [0.5, 0.6) is 0 Å². The fourth-order valence-electron chi connectivity index (χ4n) is 0.246. The van der Waals surface area contributed by atoms with Gasteiger partial charge in [0.05, 0.1) is 0 Å². The molecule has 0 aliphatic rings. The molecule has 0 heterocycles. The fourth-order valence-corrected chi connectivity index (χ4v) is 0.369. The number of nitrogens with zero attached hydrogens (tertiary/aromatic N) is 2. The summed E-state index contributed by atoms with van der Waals surface area (Å²) in [6.07, 6.45) is 2.79. The Kier molecular flexibility index (Phi) is 5.02. The lowest BCUT2D eigenvalue weighted by Gasteiger charge is -1.90. The molecule has 0 atom stereocenters.